The first kappa shape index (κ1) is 20.6. The van der Waals surface area contributed by atoms with Gasteiger partial charge in [-0.1, -0.05) is 13.8 Å². The standard InChI is InChI=1S/C21H29N3O3S/c1-3-23(4-2)18(17-9-12-28-15-17)13-22-20(25)16-7-5-10-24(14-16)21(26)19-8-6-11-27-19/h6,8-9,11-12,15-16,18H,3-5,7,10,13-14H2,1-2H3,(H,22,25)/t16-,18-/m0/s1. The number of amides is 2. The lowest BCUT2D eigenvalue weighted by molar-refractivity contribution is -0.126. The number of hydrogen-bond donors (Lipinski definition) is 1. The number of piperidine rings is 1. The summed E-state index contributed by atoms with van der Waals surface area (Å²) >= 11 is 1.68. The molecule has 1 saturated heterocycles. The van der Waals surface area contributed by atoms with Gasteiger partial charge in [-0.2, -0.15) is 11.3 Å². The minimum absolute atomic E-state index is 0.0318. The maximum Gasteiger partial charge on any atom is 0.289 e. The van der Waals surface area contributed by atoms with E-state index in [1.54, 1.807) is 28.4 Å². The van der Waals surface area contributed by atoms with E-state index in [-0.39, 0.29) is 23.8 Å². The van der Waals surface area contributed by atoms with Crippen molar-refractivity contribution in [2.75, 3.05) is 32.7 Å². The van der Waals surface area contributed by atoms with Gasteiger partial charge in [0, 0.05) is 19.6 Å². The van der Waals surface area contributed by atoms with E-state index in [1.807, 2.05) is 0 Å². The van der Waals surface area contributed by atoms with Crippen LogP contribution in [0.3, 0.4) is 0 Å². The van der Waals surface area contributed by atoms with Crippen LogP contribution in [0, 0.1) is 5.92 Å². The Morgan fingerprint density at radius 1 is 1.36 bits per heavy atom. The molecule has 2 aromatic heterocycles. The second kappa shape index (κ2) is 9.89. The van der Waals surface area contributed by atoms with Gasteiger partial charge in [0.1, 0.15) is 0 Å². The lowest BCUT2D eigenvalue weighted by atomic mass is 9.96. The summed E-state index contributed by atoms with van der Waals surface area (Å²) < 4.78 is 5.22. The predicted molar refractivity (Wildman–Crippen MR) is 110 cm³/mol. The third-order valence-corrected chi connectivity index (χ3v) is 6.16. The molecule has 2 aromatic rings. The third-order valence-electron chi connectivity index (χ3n) is 5.46. The van der Waals surface area contributed by atoms with Gasteiger partial charge in [-0.3, -0.25) is 14.5 Å². The summed E-state index contributed by atoms with van der Waals surface area (Å²) in [5, 5.41) is 7.38. The van der Waals surface area contributed by atoms with Crippen molar-refractivity contribution in [2.24, 2.45) is 5.92 Å². The maximum absolute atomic E-state index is 12.8. The van der Waals surface area contributed by atoms with Gasteiger partial charge in [0.25, 0.3) is 5.91 Å². The maximum atomic E-state index is 12.8. The summed E-state index contributed by atoms with van der Waals surface area (Å²) in [5.41, 5.74) is 1.24. The summed E-state index contributed by atoms with van der Waals surface area (Å²) in [5.74, 6) is 0.0544. The van der Waals surface area contributed by atoms with Crippen LogP contribution < -0.4 is 5.32 Å². The van der Waals surface area contributed by atoms with Gasteiger partial charge in [-0.05, 0) is 60.5 Å². The van der Waals surface area contributed by atoms with Crippen molar-refractivity contribution in [3.05, 3.63) is 46.5 Å². The summed E-state index contributed by atoms with van der Waals surface area (Å²) in [6, 6.07) is 5.68. The molecule has 152 valence electrons. The van der Waals surface area contributed by atoms with Crippen LogP contribution in [-0.4, -0.2) is 54.3 Å². The minimum Gasteiger partial charge on any atom is -0.459 e. The van der Waals surface area contributed by atoms with E-state index in [0.29, 0.717) is 25.4 Å². The van der Waals surface area contributed by atoms with Crippen molar-refractivity contribution >= 4 is 23.2 Å². The van der Waals surface area contributed by atoms with E-state index in [1.165, 1.54) is 11.8 Å². The van der Waals surface area contributed by atoms with Gasteiger partial charge in [-0.25, -0.2) is 0 Å². The molecule has 7 heteroatoms. The average molecular weight is 404 g/mol. The van der Waals surface area contributed by atoms with Crippen LogP contribution in [-0.2, 0) is 4.79 Å². The zero-order chi connectivity index (χ0) is 19.9. The molecule has 0 unspecified atom stereocenters. The van der Waals surface area contributed by atoms with E-state index >= 15 is 0 Å². The monoisotopic (exact) mass is 403 g/mol. The van der Waals surface area contributed by atoms with Crippen LogP contribution in [0.5, 0.6) is 0 Å². The highest BCUT2D eigenvalue weighted by Gasteiger charge is 2.30. The van der Waals surface area contributed by atoms with E-state index < -0.39 is 0 Å². The fraction of sp³-hybridized carbons (Fsp3) is 0.524. The highest BCUT2D eigenvalue weighted by molar-refractivity contribution is 7.07. The first-order chi connectivity index (χ1) is 13.6. The van der Waals surface area contributed by atoms with E-state index in [4.69, 9.17) is 4.42 Å². The molecule has 1 aliphatic rings. The number of likely N-dealkylation sites (N-methyl/N-ethyl adjacent to an activating group) is 1. The van der Waals surface area contributed by atoms with Crippen LogP contribution in [0.2, 0.25) is 0 Å². The second-order valence-electron chi connectivity index (χ2n) is 7.11. The van der Waals surface area contributed by atoms with Crippen LogP contribution in [0.15, 0.2) is 39.6 Å². The van der Waals surface area contributed by atoms with E-state index in [0.717, 1.165) is 25.9 Å². The number of hydrogen-bond acceptors (Lipinski definition) is 5. The number of likely N-dealkylation sites (tertiary alicyclic amines) is 1. The Balaban J connectivity index is 1.59. The SMILES string of the molecule is CCN(CC)[C@@H](CNC(=O)[C@H]1CCCN(C(=O)c2ccco2)C1)c1ccsc1. The van der Waals surface area contributed by atoms with Gasteiger partial charge < -0.3 is 14.6 Å². The van der Waals surface area contributed by atoms with Gasteiger partial charge >= 0.3 is 0 Å². The normalized spacial score (nSPS) is 18.2. The summed E-state index contributed by atoms with van der Waals surface area (Å²) in [4.78, 5) is 29.4. The first-order valence-electron chi connectivity index (χ1n) is 10.0. The molecular weight excluding hydrogens is 374 g/mol. The fourth-order valence-electron chi connectivity index (χ4n) is 3.86. The third kappa shape index (κ3) is 4.83. The molecule has 0 spiro atoms. The van der Waals surface area contributed by atoms with Crippen LogP contribution >= 0.6 is 11.3 Å². The Bertz CT molecular complexity index is 741. The minimum atomic E-state index is -0.174. The van der Waals surface area contributed by atoms with Gasteiger partial charge in [0.05, 0.1) is 18.2 Å². The smallest absolute Gasteiger partial charge is 0.289 e. The van der Waals surface area contributed by atoms with Crippen LogP contribution in [0.25, 0.3) is 0 Å². The average Bonchev–Trinajstić information content (AvgIpc) is 3.44. The molecule has 3 heterocycles. The van der Waals surface area contributed by atoms with Crippen molar-refractivity contribution < 1.29 is 14.0 Å². The molecule has 0 bridgehead atoms. The quantitative estimate of drug-likeness (QED) is 0.734. The molecule has 0 aromatic carbocycles. The molecule has 2 atom stereocenters. The number of rotatable bonds is 8. The van der Waals surface area contributed by atoms with Gasteiger partial charge in [0.15, 0.2) is 5.76 Å². The largest absolute Gasteiger partial charge is 0.459 e. The number of nitrogens with one attached hydrogen (secondary N) is 1. The molecule has 0 radical (unpaired) electrons. The van der Waals surface area contributed by atoms with Crippen LogP contribution in [0.1, 0.15) is 48.8 Å². The predicted octanol–water partition coefficient (Wildman–Crippen LogP) is 3.39. The van der Waals surface area contributed by atoms with E-state index in [2.05, 4.69) is 40.9 Å². The molecule has 6 nitrogen and oxygen atoms in total. The Morgan fingerprint density at radius 3 is 2.82 bits per heavy atom. The van der Waals surface area contributed by atoms with Crippen molar-refractivity contribution in [1.29, 1.82) is 0 Å². The Kier molecular flexibility index (Phi) is 7.28. The van der Waals surface area contributed by atoms with Crippen molar-refractivity contribution in [2.45, 2.75) is 32.7 Å². The molecule has 28 heavy (non-hydrogen) atoms. The zero-order valence-electron chi connectivity index (χ0n) is 16.6. The molecule has 1 fully saturated rings. The van der Waals surface area contributed by atoms with E-state index in [9.17, 15) is 9.59 Å². The second-order valence-corrected chi connectivity index (χ2v) is 7.89. The Hall–Kier alpha value is -2.12. The molecule has 1 aliphatic heterocycles. The zero-order valence-corrected chi connectivity index (χ0v) is 17.4. The lowest BCUT2D eigenvalue weighted by Crippen LogP contribution is -2.47. The highest BCUT2D eigenvalue weighted by Crippen LogP contribution is 2.23. The molecular formula is C21H29N3O3S. The molecule has 0 saturated carbocycles. The van der Waals surface area contributed by atoms with Crippen molar-refractivity contribution in [3.8, 4) is 0 Å². The number of carbonyl (C=O) groups excluding carboxylic acids is 2. The summed E-state index contributed by atoms with van der Waals surface area (Å²) in [6.45, 7) is 7.84. The number of nitrogens with zero attached hydrogens (tertiary/aromatic N) is 2. The highest BCUT2D eigenvalue weighted by atomic mass is 32.1. The Labute approximate surface area is 170 Å². The van der Waals surface area contributed by atoms with Crippen molar-refractivity contribution in [3.63, 3.8) is 0 Å². The molecule has 2 amide bonds. The summed E-state index contributed by atoms with van der Waals surface area (Å²) in [6.07, 6.45) is 3.13. The number of furan rings is 1. The Morgan fingerprint density at radius 2 is 2.18 bits per heavy atom. The fourth-order valence-corrected chi connectivity index (χ4v) is 4.57. The molecule has 1 N–H and O–H groups in total. The number of carbonyl (C=O) groups is 2. The van der Waals surface area contributed by atoms with Crippen molar-refractivity contribution in [1.82, 2.24) is 15.1 Å². The number of thiophene rings is 1. The molecule has 3 rings (SSSR count). The molecule has 0 aliphatic carbocycles. The van der Waals surface area contributed by atoms with Crippen LogP contribution in [0.4, 0.5) is 0 Å². The van der Waals surface area contributed by atoms with Gasteiger partial charge in [0.2, 0.25) is 5.91 Å². The lowest BCUT2D eigenvalue weighted by Gasteiger charge is -2.33. The summed E-state index contributed by atoms with van der Waals surface area (Å²) in [7, 11) is 0. The van der Waals surface area contributed by atoms with Gasteiger partial charge in [-0.15, -0.1) is 0 Å². The first-order valence-corrected chi connectivity index (χ1v) is 10.9. The topological polar surface area (TPSA) is 65.8 Å².